The first-order chi connectivity index (χ1) is 18.0. The van der Waals surface area contributed by atoms with E-state index >= 15 is 0 Å². The molecule has 3 aliphatic rings. The van der Waals surface area contributed by atoms with E-state index in [2.05, 4.69) is 98.9 Å². The van der Waals surface area contributed by atoms with Crippen molar-refractivity contribution in [1.82, 2.24) is 0 Å². The van der Waals surface area contributed by atoms with Crippen molar-refractivity contribution in [2.24, 2.45) is 5.92 Å². The second-order valence-corrected chi connectivity index (χ2v) is 10.8. The molecule has 2 aliphatic carbocycles. The van der Waals surface area contributed by atoms with Crippen LogP contribution < -0.4 is 14.8 Å². The number of ether oxygens (including phenoxy) is 2. The molecule has 1 aliphatic heterocycles. The second kappa shape index (κ2) is 8.14. The normalized spacial score (nSPS) is 18.5. The van der Waals surface area contributed by atoms with E-state index in [4.69, 9.17) is 9.47 Å². The standard InChI is InChI=1S/C34H29NO2/c1-21-18-27(33-32(19-21)36-30-10-6-7-11-31(30)37-33)22-12-14-23(15-13-22)35-24-16-17-26-25-8-4-5-9-28(25)34(2,3)29(26)20-24/h4-18,20-21,35H,19H2,1-3H3. The summed E-state index contributed by atoms with van der Waals surface area (Å²) < 4.78 is 12.6. The summed E-state index contributed by atoms with van der Waals surface area (Å²) in [5.74, 6) is 3.67. The molecule has 1 atom stereocenters. The van der Waals surface area contributed by atoms with Crippen LogP contribution in [0.4, 0.5) is 11.4 Å². The Morgan fingerprint density at radius 1 is 0.730 bits per heavy atom. The van der Waals surface area contributed by atoms with Crippen LogP contribution in [0.1, 0.15) is 43.9 Å². The van der Waals surface area contributed by atoms with Gasteiger partial charge in [0.15, 0.2) is 17.3 Å². The number of hydrogen-bond donors (Lipinski definition) is 1. The summed E-state index contributed by atoms with van der Waals surface area (Å²) in [5.41, 5.74) is 9.80. The lowest BCUT2D eigenvalue weighted by atomic mass is 9.82. The summed E-state index contributed by atoms with van der Waals surface area (Å²) >= 11 is 0. The quantitative estimate of drug-likeness (QED) is 0.316. The molecule has 0 saturated heterocycles. The van der Waals surface area contributed by atoms with Crippen molar-refractivity contribution in [1.29, 1.82) is 0 Å². The first-order valence-electron chi connectivity index (χ1n) is 13.0. The fourth-order valence-electron chi connectivity index (χ4n) is 5.93. The van der Waals surface area contributed by atoms with E-state index in [-0.39, 0.29) is 5.41 Å². The number of anilines is 2. The minimum atomic E-state index is -0.0102. The Labute approximate surface area is 218 Å². The topological polar surface area (TPSA) is 30.5 Å². The van der Waals surface area contributed by atoms with Crippen molar-refractivity contribution < 1.29 is 9.47 Å². The Hall–Kier alpha value is -4.24. The van der Waals surface area contributed by atoms with Gasteiger partial charge in [0.05, 0.1) is 0 Å². The Morgan fingerprint density at radius 3 is 2.22 bits per heavy atom. The maximum absolute atomic E-state index is 6.34. The Kier molecular flexibility index (Phi) is 4.84. The summed E-state index contributed by atoms with van der Waals surface area (Å²) in [6.07, 6.45) is 3.13. The van der Waals surface area contributed by atoms with Crippen molar-refractivity contribution >= 4 is 16.9 Å². The molecule has 0 amide bonds. The number of nitrogens with one attached hydrogen (secondary N) is 1. The molecule has 0 radical (unpaired) electrons. The van der Waals surface area contributed by atoms with Gasteiger partial charge in [-0.2, -0.15) is 0 Å². The van der Waals surface area contributed by atoms with Crippen LogP contribution in [-0.2, 0) is 5.41 Å². The van der Waals surface area contributed by atoms with Gasteiger partial charge < -0.3 is 14.8 Å². The average Bonchev–Trinajstić information content (AvgIpc) is 3.14. The monoisotopic (exact) mass is 483 g/mol. The minimum absolute atomic E-state index is 0.0102. The van der Waals surface area contributed by atoms with Gasteiger partial charge in [-0.1, -0.05) is 81.4 Å². The van der Waals surface area contributed by atoms with Crippen molar-refractivity contribution in [3.8, 4) is 22.6 Å². The summed E-state index contributed by atoms with van der Waals surface area (Å²) in [6, 6.07) is 31.9. The average molecular weight is 484 g/mol. The van der Waals surface area contributed by atoms with Gasteiger partial charge in [0.2, 0.25) is 0 Å². The lowest BCUT2D eigenvalue weighted by Crippen LogP contribution is -2.18. The van der Waals surface area contributed by atoms with Crippen molar-refractivity contribution in [2.75, 3.05) is 5.32 Å². The van der Waals surface area contributed by atoms with E-state index in [0.29, 0.717) is 5.92 Å². The van der Waals surface area contributed by atoms with Crippen LogP contribution in [0.3, 0.4) is 0 Å². The molecule has 0 bridgehead atoms. The molecule has 0 aromatic heterocycles. The number of hydrogen-bond acceptors (Lipinski definition) is 3. The first-order valence-corrected chi connectivity index (χ1v) is 13.0. The van der Waals surface area contributed by atoms with Crippen molar-refractivity contribution in [3.63, 3.8) is 0 Å². The third-order valence-corrected chi connectivity index (χ3v) is 7.82. The summed E-state index contributed by atoms with van der Waals surface area (Å²) in [4.78, 5) is 0. The molecule has 3 nitrogen and oxygen atoms in total. The number of fused-ring (bicyclic) bond motifs is 4. The molecular formula is C34H29NO2. The molecule has 1 N–H and O–H groups in total. The molecule has 1 heterocycles. The SMILES string of the molecule is CC1C=C(c2ccc(Nc3ccc4c(c3)C(C)(C)c3ccccc3-4)cc2)C2=C(C1)Oc1ccccc1O2. The van der Waals surface area contributed by atoms with Gasteiger partial charge in [0.1, 0.15) is 5.76 Å². The lowest BCUT2D eigenvalue weighted by Gasteiger charge is -2.29. The summed E-state index contributed by atoms with van der Waals surface area (Å²) in [5, 5.41) is 3.62. The molecule has 0 spiro atoms. The number of rotatable bonds is 3. The van der Waals surface area contributed by atoms with E-state index in [1.54, 1.807) is 0 Å². The van der Waals surface area contributed by atoms with Gasteiger partial charge >= 0.3 is 0 Å². The van der Waals surface area contributed by atoms with Gasteiger partial charge in [-0.3, -0.25) is 0 Å². The molecule has 3 heteroatoms. The first kappa shape index (κ1) is 22.0. The smallest absolute Gasteiger partial charge is 0.173 e. The van der Waals surface area contributed by atoms with Crippen molar-refractivity contribution in [2.45, 2.75) is 32.6 Å². The predicted molar refractivity (Wildman–Crippen MR) is 150 cm³/mol. The highest BCUT2D eigenvalue weighted by Gasteiger charge is 2.35. The number of allylic oxidation sites excluding steroid dienone is 3. The fourth-order valence-corrected chi connectivity index (χ4v) is 5.93. The van der Waals surface area contributed by atoms with Gasteiger partial charge in [-0.15, -0.1) is 0 Å². The number of para-hydroxylation sites is 2. The fraction of sp³-hybridized carbons (Fsp3) is 0.176. The molecule has 4 aromatic rings. The maximum atomic E-state index is 6.34. The van der Waals surface area contributed by atoms with E-state index < -0.39 is 0 Å². The molecule has 7 rings (SSSR count). The van der Waals surface area contributed by atoms with E-state index in [1.807, 2.05) is 24.3 Å². The third-order valence-electron chi connectivity index (χ3n) is 7.82. The van der Waals surface area contributed by atoms with Crippen molar-refractivity contribution in [3.05, 3.63) is 125 Å². The van der Waals surface area contributed by atoms with E-state index in [0.717, 1.165) is 51.9 Å². The molecular weight excluding hydrogens is 454 g/mol. The Balaban J connectivity index is 1.16. The Morgan fingerprint density at radius 2 is 1.41 bits per heavy atom. The van der Waals surface area contributed by atoms with Crippen LogP contribution in [0, 0.1) is 5.92 Å². The molecule has 0 fully saturated rings. The second-order valence-electron chi connectivity index (χ2n) is 10.8. The highest BCUT2D eigenvalue weighted by Crippen LogP contribution is 2.49. The number of benzene rings is 4. The van der Waals surface area contributed by atoms with Crippen LogP contribution in [0.5, 0.6) is 11.5 Å². The minimum Gasteiger partial charge on any atom is -0.454 e. The third kappa shape index (κ3) is 3.57. The summed E-state index contributed by atoms with van der Waals surface area (Å²) in [6.45, 7) is 6.85. The van der Waals surface area contributed by atoms with Crippen LogP contribution in [0.25, 0.3) is 16.7 Å². The van der Waals surface area contributed by atoms with Crippen LogP contribution in [0.15, 0.2) is 109 Å². The van der Waals surface area contributed by atoms with Crippen LogP contribution in [-0.4, -0.2) is 0 Å². The van der Waals surface area contributed by atoms with Crippen LogP contribution >= 0.6 is 0 Å². The molecule has 4 aromatic carbocycles. The molecule has 182 valence electrons. The molecule has 1 unspecified atom stereocenters. The zero-order valence-corrected chi connectivity index (χ0v) is 21.3. The van der Waals surface area contributed by atoms with Gasteiger partial charge in [0.25, 0.3) is 0 Å². The summed E-state index contributed by atoms with van der Waals surface area (Å²) in [7, 11) is 0. The van der Waals surface area contributed by atoms with Crippen LogP contribution in [0.2, 0.25) is 0 Å². The zero-order chi connectivity index (χ0) is 25.1. The highest BCUT2D eigenvalue weighted by atomic mass is 16.6. The lowest BCUT2D eigenvalue weighted by molar-refractivity contribution is 0.284. The molecule has 0 saturated carbocycles. The van der Waals surface area contributed by atoms with Gasteiger partial charge in [-0.05, 0) is 70.1 Å². The predicted octanol–water partition coefficient (Wildman–Crippen LogP) is 8.84. The zero-order valence-electron chi connectivity index (χ0n) is 21.3. The maximum Gasteiger partial charge on any atom is 0.173 e. The van der Waals surface area contributed by atoms with Gasteiger partial charge in [0, 0.05) is 28.8 Å². The van der Waals surface area contributed by atoms with Gasteiger partial charge in [-0.25, -0.2) is 0 Å². The van der Waals surface area contributed by atoms with E-state index in [1.165, 1.54) is 22.3 Å². The molecule has 37 heavy (non-hydrogen) atoms. The largest absolute Gasteiger partial charge is 0.454 e. The van der Waals surface area contributed by atoms with E-state index in [9.17, 15) is 0 Å². The highest BCUT2D eigenvalue weighted by molar-refractivity contribution is 5.84. The Bertz CT molecular complexity index is 1610.